The number of hydrogen-bond donors (Lipinski definition) is 0. The van der Waals surface area contributed by atoms with Gasteiger partial charge in [0.1, 0.15) is 0 Å². The van der Waals surface area contributed by atoms with Crippen LogP contribution in [0.5, 0.6) is 0 Å². The maximum absolute atomic E-state index is 5.18. The summed E-state index contributed by atoms with van der Waals surface area (Å²) in [7, 11) is 0. The van der Waals surface area contributed by atoms with Crippen LogP contribution in [0.2, 0.25) is 0 Å². The highest BCUT2D eigenvalue weighted by Crippen LogP contribution is 2.35. The van der Waals surface area contributed by atoms with E-state index < -0.39 is 0 Å². The normalized spacial score (nSPS) is 12.9. The summed E-state index contributed by atoms with van der Waals surface area (Å²) in [6.07, 6.45) is 6.44. The van der Waals surface area contributed by atoms with Gasteiger partial charge in [-0.3, -0.25) is 9.13 Å². The first-order valence-corrected chi connectivity index (χ1v) is 13.0. The van der Waals surface area contributed by atoms with Crippen molar-refractivity contribution in [3.05, 3.63) is 120 Å². The van der Waals surface area contributed by atoms with Crippen molar-refractivity contribution < 1.29 is 0 Å². The molecule has 180 valence electrons. The molecule has 1 aliphatic carbocycles. The highest BCUT2D eigenvalue weighted by Gasteiger charge is 2.22. The first-order valence-electron chi connectivity index (χ1n) is 13.0. The Morgan fingerprint density at radius 2 is 1.08 bits per heavy atom. The molecule has 0 atom stereocenters. The van der Waals surface area contributed by atoms with Crippen LogP contribution in [0, 0.1) is 0 Å². The molecule has 7 aromatic rings. The molecule has 38 heavy (non-hydrogen) atoms. The standard InChI is InChI=1S/C33H23N5/c1-2-12-22(13-3-1)31-34-32(37-27-18-8-4-14-23(27)24-15-5-9-19-28(24)37)36-33(35-31)38-29-20-10-6-16-25(29)26-17-7-11-21-30(26)38/h1-10,12-20H,11,21H2. The molecule has 3 heterocycles. The maximum Gasteiger partial charge on any atom is 0.240 e. The fourth-order valence-corrected chi connectivity index (χ4v) is 5.81. The highest BCUT2D eigenvalue weighted by molar-refractivity contribution is 6.09. The Balaban J connectivity index is 1.49. The Bertz CT molecular complexity index is 1970. The van der Waals surface area contributed by atoms with Crippen LogP contribution < -0.4 is 0 Å². The van der Waals surface area contributed by atoms with Gasteiger partial charge in [-0.2, -0.15) is 15.0 Å². The average Bonchev–Trinajstić information content (AvgIpc) is 3.51. The zero-order valence-corrected chi connectivity index (χ0v) is 20.6. The molecule has 5 nitrogen and oxygen atoms in total. The van der Waals surface area contributed by atoms with Gasteiger partial charge < -0.3 is 0 Å². The molecule has 5 heteroatoms. The van der Waals surface area contributed by atoms with Crippen molar-refractivity contribution in [2.24, 2.45) is 0 Å². The summed E-state index contributed by atoms with van der Waals surface area (Å²) in [6, 6.07) is 35.6. The van der Waals surface area contributed by atoms with E-state index in [0.717, 1.165) is 35.0 Å². The van der Waals surface area contributed by atoms with E-state index in [2.05, 4.69) is 106 Å². The Hall–Kier alpha value is -5.03. The van der Waals surface area contributed by atoms with E-state index in [1.807, 2.05) is 18.2 Å². The Morgan fingerprint density at radius 1 is 0.526 bits per heavy atom. The van der Waals surface area contributed by atoms with Crippen LogP contribution in [-0.4, -0.2) is 24.1 Å². The molecule has 0 saturated carbocycles. The van der Waals surface area contributed by atoms with E-state index in [0.29, 0.717) is 17.7 Å². The number of aromatic nitrogens is 5. The first-order chi connectivity index (χ1) is 18.9. The SMILES string of the molecule is C1=Cc2c(n(-c3nc(-c4ccccc4)nc(-n4c5ccccc5c5ccccc54)n3)c3ccccc23)CC1. The topological polar surface area (TPSA) is 48.5 Å². The van der Waals surface area contributed by atoms with Gasteiger partial charge in [-0.05, 0) is 31.0 Å². The van der Waals surface area contributed by atoms with E-state index >= 15 is 0 Å². The minimum Gasteiger partial charge on any atom is -0.282 e. The lowest BCUT2D eigenvalue weighted by Gasteiger charge is -2.15. The second-order valence-corrected chi connectivity index (χ2v) is 9.65. The Morgan fingerprint density at radius 3 is 1.76 bits per heavy atom. The fraction of sp³-hybridized carbons (Fsp3) is 0.0606. The lowest BCUT2D eigenvalue weighted by atomic mass is 10.0. The number of allylic oxidation sites excluding steroid dienone is 1. The van der Waals surface area contributed by atoms with Crippen molar-refractivity contribution in [3.63, 3.8) is 0 Å². The van der Waals surface area contributed by atoms with Crippen molar-refractivity contribution >= 4 is 38.8 Å². The van der Waals surface area contributed by atoms with Crippen molar-refractivity contribution in [1.82, 2.24) is 24.1 Å². The van der Waals surface area contributed by atoms with Crippen LogP contribution in [0.15, 0.2) is 109 Å². The zero-order valence-electron chi connectivity index (χ0n) is 20.6. The second-order valence-electron chi connectivity index (χ2n) is 9.65. The molecule has 4 aromatic carbocycles. The molecule has 0 bridgehead atoms. The lowest BCUT2D eigenvalue weighted by molar-refractivity contribution is 0.822. The third-order valence-electron chi connectivity index (χ3n) is 7.47. The summed E-state index contributed by atoms with van der Waals surface area (Å²) in [5.74, 6) is 1.91. The molecule has 0 N–H and O–H groups in total. The molecule has 0 amide bonds. The van der Waals surface area contributed by atoms with Crippen LogP contribution in [0.25, 0.3) is 62.1 Å². The van der Waals surface area contributed by atoms with Crippen molar-refractivity contribution in [2.45, 2.75) is 12.8 Å². The zero-order chi connectivity index (χ0) is 25.1. The number of fused-ring (bicyclic) bond motifs is 6. The van der Waals surface area contributed by atoms with Crippen molar-refractivity contribution in [2.75, 3.05) is 0 Å². The molecule has 1 aliphatic rings. The lowest BCUT2D eigenvalue weighted by Crippen LogP contribution is -2.12. The van der Waals surface area contributed by atoms with E-state index in [9.17, 15) is 0 Å². The van der Waals surface area contributed by atoms with Gasteiger partial charge in [0.25, 0.3) is 0 Å². The molecule has 0 aliphatic heterocycles. The van der Waals surface area contributed by atoms with Crippen LogP contribution in [0.1, 0.15) is 17.7 Å². The molecule has 0 radical (unpaired) electrons. The van der Waals surface area contributed by atoms with Gasteiger partial charge in [-0.25, -0.2) is 0 Å². The van der Waals surface area contributed by atoms with Crippen LogP contribution >= 0.6 is 0 Å². The molecular formula is C33H23N5. The molecule has 0 spiro atoms. The monoisotopic (exact) mass is 489 g/mol. The summed E-state index contributed by atoms with van der Waals surface area (Å²) in [5.41, 5.74) is 6.73. The van der Waals surface area contributed by atoms with Crippen LogP contribution in [0.3, 0.4) is 0 Å². The smallest absolute Gasteiger partial charge is 0.240 e. The van der Waals surface area contributed by atoms with Gasteiger partial charge in [0, 0.05) is 33.0 Å². The van der Waals surface area contributed by atoms with E-state index in [4.69, 9.17) is 15.0 Å². The van der Waals surface area contributed by atoms with E-state index in [1.165, 1.54) is 27.4 Å². The average molecular weight is 490 g/mol. The summed E-state index contributed by atoms with van der Waals surface area (Å²) >= 11 is 0. The predicted molar refractivity (Wildman–Crippen MR) is 154 cm³/mol. The molecule has 3 aromatic heterocycles. The number of hydrogen-bond acceptors (Lipinski definition) is 3. The summed E-state index contributed by atoms with van der Waals surface area (Å²) in [6.45, 7) is 0. The predicted octanol–water partition coefficient (Wildman–Crippen LogP) is 7.54. The minimum atomic E-state index is 0.615. The third kappa shape index (κ3) is 3.08. The molecule has 0 fully saturated rings. The Labute approximate surface area is 219 Å². The van der Waals surface area contributed by atoms with E-state index in [-0.39, 0.29) is 0 Å². The highest BCUT2D eigenvalue weighted by atomic mass is 15.3. The van der Waals surface area contributed by atoms with Gasteiger partial charge >= 0.3 is 0 Å². The van der Waals surface area contributed by atoms with Gasteiger partial charge in [0.15, 0.2) is 5.82 Å². The Kier molecular flexibility index (Phi) is 4.58. The summed E-state index contributed by atoms with van der Waals surface area (Å²) < 4.78 is 4.40. The molecule has 0 saturated heterocycles. The second kappa shape index (κ2) is 8.25. The number of nitrogens with zero attached hydrogens (tertiary/aromatic N) is 5. The van der Waals surface area contributed by atoms with Crippen LogP contribution in [0.4, 0.5) is 0 Å². The number of benzene rings is 4. The molecular weight excluding hydrogens is 466 g/mol. The summed E-state index contributed by atoms with van der Waals surface area (Å²) in [5, 5.41) is 3.58. The first kappa shape index (κ1) is 21.1. The van der Waals surface area contributed by atoms with Gasteiger partial charge in [-0.15, -0.1) is 0 Å². The maximum atomic E-state index is 5.18. The number of para-hydroxylation sites is 3. The number of rotatable bonds is 3. The quantitative estimate of drug-likeness (QED) is 0.258. The largest absolute Gasteiger partial charge is 0.282 e. The van der Waals surface area contributed by atoms with Crippen molar-refractivity contribution in [3.8, 4) is 23.3 Å². The van der Waals surface area contributed by atoms with Crippen molar-refractivity contribution in [1.29, 1.82) is 0 Å². The van der Waals surface area contributed by atoms with Gasteiger partial charge in [-0.1, -0.05) is 97.1 Å². The minimum absolute atomic E-state index is 0.615. The van der Waals surface area contributed by atoms with Crippen LogP contribution in [-0.2, 0) is 6.42 Å². The van der Waals surface area contributed by atoms with Gasteiger partial charge in [0.2, 0.25) is 11.9 Å². The summed E-state index contributed by atoms with van der Waals surface area (Å²) in [4.78, 5) is 15.3. The van der Waals surface area contributed by atoms with E-state index in [1.54, 1.807) is 0 Å². The van der Waals surface area contributed by atoms with Gasteiger partial charge in [0.05, 0.1) is 16.6 Å². The third-order valence-corrected chi connectivity index (χ3v) is 7.47. The molecule has 8 rings (SSSR count). The fourth-order valence-electron chi connectivity index (χ4n) is 5.81. The molecule has 0 unspecified atom stereocenters.